The van der Waals surface area contributed by atoms with Crippen LogP contribution < -0.4 is 0 Å². The summed E-state index contributed by atoms with van der Waals surface area (Å²) in [6.07, 6.45) is 4.08. The highest BCUT2D eigenvalue weighted by Gasteiger charge is 2.47. The highest BCUT2D eigenvalue weighted by Crippen LogP contribution is 2.58. The van der Waals surface area contributed by atoms with E-state index >= 15 is 0 Å². The average Bonchev–Trinajstić information content (AvgIpc) is 4.08. The number of fused-ring (bicyclic) bond motifs is 10. The molecule has 7 aromatic carbocycles. The van der Waals surface area contributed by atoms with Gasteiger partial charge in [-0.3, -0.25) is 9.56 Å². The van der Waals surface area contributed by atoms with Gasteiger partial charge in [-0.1, -0.05) is 140 Å². The van der Waals surface area contributed by atoms with Crippen molar-refractivity contribution in [2.45, 2.75) is 12.0 Å². The molecule has 2 aliphatic rings. The maximum Gasteiger partial charge on any atom is 0.123 e. The number of para-hydroxylation sites is 1. The smallest absolute Gasteiger partial charge is 0.123 e. The second kappa shape index (κ2) is 11.4. The molecule has 10 aromatic rings. The lowest BCUT2D eigenvalue weighted by Gasteiger charge is -2.33. The van der Waals surface area contributed by atoms with E-state index in [1.807, 2.05) is 6.21 Å². The Hall–Kier alpha value is -7.17. The zero-order valence-corrected chi connectivity index (χ0v) is 29.9. The third-order valence-corrected chi connectivity index (χ3v) is 12.1. The number of hydrogen-bond acceptors (Lipinski definition) is 1. The van der Waals surface area contributed by atoms with Gasteiger partial charge in [0.05, 0.1) is 28.7 Å². The van der Waals surface area contributed by atoms with Crippen molar-refractivity contribution in [3.05, 3.63) is 216 Å². The third kappa shape index (κ3) is 4.08. The summed E-state index contributed by atoms with van der Waals surface area (Å²) in [7, 11) is 0. The molecule has 0 bridgehead atoms. The van der Waals surface area contributed by atoms with E-state index < -0.39 is 5.41 Å². The lowest BCUT2D eigenvalue weighted by atomic mass is 9.67. The van der Waals surface area contributed by atoms with Crippen molar-refractivity contribution in [3.63, 3.8) is 0 Å². The number of benzene rings is 7. The molecule has 258 valence electrons. The van der Waals surface area contributed by atoms with Gasteiger partial charge in [-0.25, -0.2) is 0 Å². The van der Waals surface area contributed by atoms with Gasteiger partial charge in [0, 0.05) is 51.1 Å². The van der Waals surface area contributed by atoms with Gasteiger partial charge < -0.3 is 9.55 Å². The molecule has 0 fully saturated rings. The molecular formula is C51H34N4. The van der Waals surface area contributed by atoms with Crippen LogP contribution >= 0.6 is 0 Å². The zero-order valence-electron chi connectivity index (χ0n) is 29.9. The largest absolute Gasteiger partial charge is 0.347 e. The van der Waals surface area contributed by atoms with Crippen LogP contribution in [0.15, 0.2) is 187 Å². The van der Waals surface area contributed by atoms with Crippen molar-refractivity contribution in [1.29, 1.82) is 0 Å². The Labute approximate surface area is 318 Å². The third-order valence-electron chi connectivity index (χ3n) is 12.1. The Morgan fingerprint density at radius 3 is 1.87 bits per heavy atom. The first kappa shape index (κ1) is 30.3. The summed E-state index contributed by atoms with van der Waals surface area (Å²) in [6.45, 7) is 0.712. The van der Waals surface area contributed by atoms with Gasteiger partial charge >= 0.3 is 0 Å². The Morgan fingerprint density at radius 1 is 0.509 bits per heavy atom. The highest BCUT2D eigenvalue weighted by atomic mass is 15.1. The Kier molecular flexibility index (Phi) is 6.29. The molecule has 0 saturated carbocycles. The fraction of sp³-hybridized carbons (Fsp3) is 0.0392. The van der Waals surface area contributed by atoms with Crippen molar-refractivity contribution in [2.24, 2.45) is 4.99 Å². The van der Waals surface area contributed by atoms with Gasteiger partial charge in [0.2, 0.25) is 0 Å². The molecule has 0 spiro atoms. The fourth-order valence-corrected chi connectivity index (χ4v) is 9.84. The van der Waals surface area contributed by atoms with Gasteiger partial charge in [-0.05, 0) is 75.3 Å². The summed E-state index contributed by atoms with van der Waals surface area (Å²) in [4.78, 5) is 8.21. The lowest BCUT2D eigenvalue weighted by Crippen LogP contribution is -2.28. The van der Waals surface area contributed by atoms with Crippen molar-refractivity contribution >= 4 is 39.1 Å². The molecule has 0 amide bonds. The Balaban J connectivity index is 1.02. The van der Waals surface area contributed by atoms with E-state index in [2.05, 4.69) is 201 Å². The second-order valence-electron chi connectivity index (χ2n) is 14.8. The molecule has 1 aliphatic heterocycles. The van der Waals surface area contributed by atoms with Crippen LogP contribution in [-0.4, -0.2) is 20.3 Å². The molecule has 4 heteroatoms. The quantitative estimate of drug-likeness (QED) is 0.185. The first-order valence-electron chi connectivity index (χ1n) is 19.0. The average molecular weight is 703 g/mol. The fourth-order valence-electron chi connectivity index (χ4n) is 9.84. The summed E-state index contributed by atoms with van der Waals surface area (Å²) in [5, 5.41) is 3.73. The Morgan fingerprint density at radius 2 is 1.15 bits per heavy atom. The molecule has 4 nitrogen and oxygen atoms in total. The number of aliphatic imine (C=N–C) groups is 1. The van der Waals surface area contributed by atoms with Crippen LogP contribution in [0.1, 0.15) is 33.5 Å². The molecule has 12 rings (SSSR count). The number of hydrogen-bond donors (Lipinski definition) is 1. The summed E-state index contributed by atoms with van der Waals surface area (Å²) in [5.74, 6) is 0. The van der Waals surface area contributed by atoms with Crippen LogP contribution in [0.25, 0.3) is 66.5 Å². The lowest BCUT2D eigenvalue weighted by molar-refractivity contribution is 0.769. The van der Waals surface area contributed by atoms with Gasteiger partial charge in [-0.2, -0.15) is 0 Å². The molecular weight excluding hydrogens is 669 g/mol. The molecule has 0 saturated heterocycles. The second-order valence-corrected chi connectivity index (χ2v) is 14.8. The normalized spacial score (nSPS) is 13.8. The van der Waals surface area contributed by atoms with E-state index in [0.29, 0.717) is 6.54 Å². The number of aromatic nitrogens is 3. The van der Waals surface area contributed by atoms with Crippen LogP contribution in [-0.2, 0) is 12.0 Å². The highest BCUT2D eigenvalue weighted by molar-refractivity contribution is 6.15. The number of nitrogens with zero attached hydrogens (tertiary/aromatic N) is 3. The van der Waals surface area contributed by atoms with Gasteiger partial charge in [0.1, 0.15) is 5.65 Å². The van der Waals surface area contributed by atoms with Gasteiger partial charge in [0.15, 0.2) is 0 Å². The van der Waals surface area contributed by atoms with E-state index in [-0.39, 0.29) is 0 Å². The van der Waals surface area contributed by atoms with Crippen molar-refractivity contribution in [2.75, 3.05) is 0 Å². The summed E-state index contributed by atoms with van der Waals surface area (Å²) < 4.78 is 4.81. The van der Waals surface area contributed by atoms with Crippen molar-refractivity contribution in [3.8, 4) is 33.6 Å². The predicted octanol–water partition coefficient (Wildman–Crippen LogP) is 12.0. The predicted molar refractivity (Wildman–Crippen MR) is 226 cm³/mol. The minimum atomic E-state index is -0.457. The summed E-state index contributed by atoms with van der Waals surface area (Å²) in [6, 6.07) is 64.7. The summed E-state index contributed by atoms with van der Waals surface area (Å²) >= 11 is 0. The first-order chi connectivity index (χ1) is 27.3. The first-order valence-corrected chi connectivity index (χ1v) is 19.0. The minimum absolute atomic E-state index is 0.457. The maximum absolute atomic E-state index is 4.59. The van der Waals surface area contributed by atoms with Gasteiger partial charge in [-0.15, -0.1) is 0 Å². The topological polar surface area (TPSA) is 38.0 Å². The zero-order chi connectivity index (χ0) is 36.1. The SMILES string of the molecule is C1=NCc2c1c1ccccc1n2-c1ccc(-c2ccc(-n3c4[nH]ccc4c4ccc5c(c43)-c3ccccc3C5(c3ccccc3)c3ccccc3)cc2)cc1. The van der Waals surface area contributed by atoms with Crippen LogP contribution in [0.2, 0.25) is 0 Å². The summed E-state index contributed by atoms with van der Waals surface area (Å²) in [5.41, 5.74) is 18.0. The molecule has 1 N–H and O–H groups in total. The number of aromatic amines is 1. The van der Waals surface area contributed by atoms with Crippen LogP contribution in [0, 0.1) is 0 Å². The van der Waals surface area contributed by atoms with E-state index in [4.69, 9.17) is 0 Å². The number of nitrogens with one attached hydrogen (secondary N) is 1. The maximum atomic E-state index is 4.59. The van der Waals surface area contributed by atoms with E-state index in [1.165, 1.54) is 83.0 Å². The molecule has 0 radical (unpaired) electrons. The molecule has 1 aliphatic carbocycles. The molecule has 0 atom stereocenters. The van der Waals surface area contributed by atoms with E-state index in [9.17, 15) is 0 Å². The molecule has 55 heavy (non-hydrogen) atoms. The van der Waals surface area contributed by atoms with Crippen LogP contribution in [0.3, 0.4) is 0 Å². The van der Waals surface area contributed by atoms with Crippen LogP contribution in [0.4, 0.5) is 0 Å². The molecule has 4 heterocycles. The molecule has 0 unspecified atom stereocenters. The minimum Gasteiger partial charge on any atom is -0.347 e. The van der Waals surface area contributed by atoms with Crippen LogP contribution in [0.5, 0.6) is 0 Å². The van der Waals surface area contributed by atoms with E-state index in [0.717, 1.165) is 17.0 Å². The van der Waals surface area contributed by atoms with Crippen molar-refractivity contribution < 1.29 is 0 Å². The van der Waals surface area contributed by atoms with Gasteiger partial charge in [0.25, 0.3) is 0 Å². The number of H-pyrrole nitrogens is 1. The monoisotopic (exact) mass is 702 g/mol. The standard InChI is InChI=1S/C51H34N4/c1-3-11-35(12-4-1)51(36-13-5-2-6-14-36)44-17-9-7-16-42(44)48-45(51)28-27-40-41-29-30-53-50(41)55(49(40)48)38-25-21-34(22-26-38)33-19-23-37(24-20-33)54-46-18-10-8-15-39(46)43-31-52-32-47(43)54/h1-31,53H,32H2. The number of rotatable bonds is 5. The Bertz CT molecular complexity index is 3100. The van der Waals surface area contributed by atoms with E-state index in [1.54, 1.807) is 0 Å². The van der Waals surface area contributed by atoms with Crippen molar-refractivity contribution in [1.82, 2.24) is 14.1 Å². The molecule has 3 aromatic heterocycles.